The summed E-state index contributed by atoms with van der Waals surface area (Å²) >= 11 is 3.53. The number of hydrogen-bond acceptors (Lipinski definition) is 4. The van der Waals surface area contributed by atoms with E-state index in [9.17, 15) is 4.39 Å². The summed E-state index contributed by atoms with van der Waals surface area (Å²) in [6.45, 7) is 0. The van der Waals surface area contributed by atoms with Crippen LogP contribution in [0.15, 0.2) is 59.2 Å². The Hall–Kier alpha value is -2.93. The van der Waals surface area contributed by atoms with Crippen LogP contribution < -0.4 is 11.5 Å². The second kappa shape index (κ2) is 6.42. The van der Waals surface area contributed by atoms with E-state index >= 15 is 0 Å². The van der Waals surface area contributed by atoms with E-state index in [-0.39, 0.29) is 5.82 Å². The number of benzene rings is 2. The van der Waals surface area contributed by atoms with Gasteiger partial charge in [0, 0.05) is 17.7 Å². The van der Waals surface area contributed by atoms with Gasteiger partial charge in [-0.05, 0) is 39.7 Å². The molecular weight excluding hydrogens is 397 g/mol. The van der Waals surface area contributed by atoms with E-state index in [1.165, 1.54) is 6.07 Å². The van der Waals surface area contributed by atoms with Crippen LogP contribution in [0.5, 0.6) is 0 Å². The highest BCUT2D eigenvalue weighted by Gasteiger charge is 2.17. The smallest absolute Gasteiger partial charge is 0.151 e. The Bertz CT molecular complexity index is 1120. The highest BCUT2D eigenvalue weighted by molar-refractivity contribution is 9.10. The lowest BCUT2D eigenvalue weighted by molar-refractivity contribution is 0.613. The highest BCUT2D eigenvalue weighted by atomic mass is 79.9. The average Bonchev–Trinajstić information content (AvgIpc) is 2.93. The van der Waals surface area contributed by atoms with Gasteiger partial charge in [0.1, 0.15) is 11.3 Å². The molecule has 7 heteroatoms. The van der Waals surface area contributed by atoms with Gasteiger partial charge in [0.15, 0.2) is 5.82 Å². The first-order chi connectivity index (χ1) is 12.5. The Morgan fingerprint density at radius 1 is 1.08 bits per heavy atom. The first-order valence-corrected chi connectivity index (χ1v) is 8.75. The first-order valence-electron chi connectivity index (χ1n) is 7.95. The molecule has 0 amide bonds. The molecule has 0 unspecified atom stereocenters. The van der Waals surface area contributed by atoms with Crippen LogP contribution in [0.3, 0.4) is 0 Å². The van der Waals surface area contributed by atoms with Crippen LogP contribution in [-0.2, 0) is 6.42 Å². The zero-order valence-electron chi connectivity index (χ0n) is 13.7. The Balaban J connectivity index is 1.82. The molecule has 4 rings (SSSR count). The molecule has 2 aromatic heterocycles. The standard InChI is InChI=1S/C19H15BrFN5/c20-17-15(9-11-4-1-2-7-14(11)21)25-26-10-16(24-19(23)18(17)26)12-5-3-6-13(22)8-12/h1-8,10H,9,22H2,(H2,23,24). The molecule has 5 nitrogen and oxygen atoms in total. The fourth-order valence-corrected chi connectivity index (χ4v) is 3.49. The molecule has 2 heterocycles. The summed E-state index contributed by atoms with van der Waals surface area (Å²) in [7, 11) is 0. The molecule has 0 saturated carbocycles. The van der Waals surface area contributed by atoms with Gasteiger partial charge in [-0.2, -0.15) is 5.10 Å². The van der Waals surface area contributed by atoms with Crippen molar-refractivity contribution in [2.24, 2.45) is 0 Å². The Labute approximate surface area is 157 Å². The van der Waals surface area contributed by atoms with Gasteiger partial charge in [-0.1, -0.05) is 30.3 Å². The monoisotopic (exact) mass is 411 g/mol. The van der Waals surface area contributed by atoms with Gasteiger partial charge in [0.2, 0.25) is 0 Å². The van der Waals surface area contributed by atoms with E-state index in [1.807, 2.05) is 24.3 Å². The van der Waals surface area contributed by atoms with E-state index in [0.29, 0.717) is 44.9 Å². The molecule has 0 saturated heterocycles. The maximum atomic E-state index is 14.0. The summed E-state index contributed by atoms with van der Waals surface area (Å²) in [6.07, 6.45) is 2.14. The summed E-state index contributed by atoms with van der Waals surface area (Å²) < 4.78 is 16.3. The quantitative estimate of drug-likeness (QED) is 0.498. The molecule has 0 aliphatic rings. The lowest BCUT2D eigenvalue weighted by atomic mass is 10.1. The molecule has 4 N–H and O–H groups in total. The highest BCUT2D eigenvalue weighted by Crippen LogP contribution is 2.30. The van der Waals surface area contributed by atoms with E-state index in [4.69, 9.17) is 11.5 Å². The van der Waals surface area contributed by atoms with Crippen LogP contribution in [0.2, 0.25) is 0 Å². The molecular formula is C19H15BrFN5. The van der Waals surface area contributed by atoms with Crippen LogP contribution in [-0.4, -0.2) is 14.6 Å². The number of hydrogen-bond donors (Lipinski definition) is 2. The molecule has 0 aliphatic heterocycles. The zero-order chi connectivity index (χ0) is 18.3. The predicted octanol–water partition coefficient (Wildman–Crippen LogP) is 4.05. The lowest BCUT2D eigenvalue weighted by Crippen LogP contribution is -2.00. The van der Waals surface area contributed by atoms with Gasteiger partial charge >= 0.3 is 0 Å². The molecule has 0 bridgehead atoms. The van der Waals surface area contributed by atoms with Gasteiger partial charge in [-0.25, -0.2) is 13.9 Å². The number of nitrogens with two attached hydrogens (primary N) is 2. The number of fused-ring (bicyclic) bond motifs is 1. The van der Waals surface area contributed by atoms with Gasteiger partial charge in [-0.3, -0.25) is 0 Å². The number of nitrogen functional groups attached to an aromatic ring is 2. The fraction of sp³-hybridized carbons (Fsp3) is 0.0526. The summed E-state index contributed by atoms with van der Waals surface area (Å²) in [6, 6.07) is 14.0. The van der Waals surface area contributed by atoms with Crippen molar-refractivity contribution < 1.29 is 4.39 Å². The van der Waals surface area contributed by atoms with Crippen LogP contribution in [0, 0.1) is 5.82 Å². The van der Waals surface area contributed by atoms with Gasteiger partial charge < -0.3 is 11.5 Å². The van der Waals surface area contributed by atoms with Crippen LogP contribution >= 0.6 is 15.9 Å². The van der Waals surface area contributed by atoms with E-state index in [0.717, 1.165) is 5.56 Å². The molecule has 0 aliphatic carbocycles. The minimum absolute atomic E-state index is 0.261. The third-order valence-electron chi connectivity index (χ3n) is 4.15. The fourth-order valence-electron chi connectivity index (χ4n) is 2.88. The van der Waals surface area contributed by atoms with Crippen LogP contribution in [0.25, 0.3) is 16.8 Å². The lowest BCUT2D eigenvalue weighted by Gasteiger charge is -2.05. The largest absolute Gasteiger partial charge is 0.399 e. The summed E-state index contributed by atoms with van der Waals surface area (Å²) in [5.41, 5.74) is 16.1. The van der Waals surface area contributed by atoms with Gasteiger partial charge in [0.05, 0.1) is 22.1 Å². The maximum Gasteiger partial charge on any atom is 0.151 e. The van der Waals surface area contributed by atoms with Crippen molar-refractivity contribution in [2.75, 3.05) is 11.5 Å². The topological polar surface area (TPSA) is 82.2 Å². The molecule has 0 spiro atoms. The number of rotatable bonds is 3. The molecule has 4 aromatic rings. The van der Waals surface area contributed by atoms with Crippen molar-refractivity contribution in [3.63, 3.8) is 0 Å². The third kappa shape index (κ3) is 2.90. The summed E-state index contributed by atoms with van der Waals surface area (Å²) in [5.74, 6) is 0.0760. The Kier molecular flexibility index (Phi) is 4.08. The van der Waals surface area contributed by atoms with Crippen LogP contribution in [0.1, 0.15) is 11.3 Å². The zero-order valence-corrected chi connectivity index (χ0v) is 15.2. The summed E-state index contributed by atoms with van der Waals surface area (Å²) in [4.78, 5) is 4.47. The van der Waals surface area contributed by atoms with E-state index in [2.05, 4.69) is 26.0 Å². The van der Waals surface area contributed by atoms with Crippen molar-refractivity contribution in [1.29, 1.82) is 0 Å². The molecule has 130 valence electrons. The van der Waals surface area contributed by atoms with Crippen LogP contribution in [0.4, 0.5) is 15.9 Å². The minimum atomic E-state index is -0.261. The Morgan fingerprint density at radius 2 is 1.88 bits per heavy atom. The second-order valence-electron chi connectivity index (χ2n) is 5.96. The third-order valence-corrected chi connectivity index (χ3v) is 4.98. The van der Waals surface area contributed by atoms with Gasteiger partial charge in [0.25, 0.3) is 0 Å². The molecule has 0 radical (unpaired) electrons. The van der Waals surface area contributed by atoms with Crippen molar-refractivity contribution in [2.45, 2.75) is 6.42 Å². The van der Waals surface area contributed by atoms with Crippen molar-refractivity contribution in [3.8, 4) is 11.3 Å². The predicted molar refractivity (Wildman–Crippen MR) is 104 cm³/mol. The SMILES string of the molecule is Nc1cccc(-c2cn3nc(Cc4ccccc4F)c(Br)c3c(N)n2)c1. The first kappa shape index (κ1) is 16.5. The normalized spacial score (nSPS) is 11.2. The van der Waals surface area contributed by atoms with Gasteiger partial charge in [-0.15, -0.1) is 0 Å². The summed E-state index contributed by atoms with van der Waals surface area (Å²) in [5, 5.41) is 4.57. The maximum absolute atomic E-state index is 14.0. The van der Waals surface area contributed by atoms with Crippen molar-refractivity contribution in [3.05, 3.63) is 76.3 Å². The molecule has 0 fully saturated rings. The van der Waals surface area contributed by atoms with Crippen molar-refractivity contribution >= 4 is 33.0 Å². The Morgan fingerprint density at radius 3 is 2.65 bits per heavy atom. The molecule has 26 heavy (non-hydrogen) atoms. The second-order valence-corrected chi connectivity index (χ2v) is 6.75. The number of nitrogens with zero attached hydrogens (tertiary/aromatic N) is 3. The van der Waals surface area contributed by atoms with Crippen molar-refractivity contribution in [1.82, 2.24) is 14.6 Å². The molecule has 0 atom stereocenters. The molecule has 2 aromatic carbocycles. The number of halogens is 2. The number of anilines is 2. The number of aromatic nitrogens is 3. The average molecular weight is 412 g/mol. The minimum Gasteiger partial charge on any atom is -0.399 e. The van der Waals surface area contributed by atoms with E-state index in [1.54, 1.807) is 28.9 Å². The van der Waals surface area contributed by atoms with E-state index < -0.39 is 0 Å².